The third-order valence-corrected chi connectivity index (χ3v) is 5.15. The van der Waals surface area contributed by atoms with Crippen molar-refractivity contribution in [1.29, 1.82) is 0 Å². The van der Waals surface area contributed by atoms with E-state index < -0.39 is 29.8 Å². The number of hydrogen-bond donors (Lipinski definition) is 2. The highest BCUT2D eigenvalue weighted by Crippen LogP contribution is 2.34. The molecule has 8 nitrogen and oxygen atoms in total. The maximum absolute atomic E-state index is 13.2. The molecule has 2 aromatic heterocycles. The Bertz CT molecular complexity index is 1310. The number of aromatic nitrogens is 4. The Morgan fingerprint density at radius 2 is 2.12 bits per heavy atom. The van der Waals surface area contributed by atoms with Crippen LogP contribution in [0.1, 0.15) is 17.9 Å². The number of amides is 1. The number of allylic oxidation sites excluding steroid dienone is 4. The lowest BCUT2D eigenvalue weighted by Crippen LogP contribution is -2.30. The Hall–Kier alpha value is -3.60. The number of fused-ring (bicyclic) bond motifs is 1. The van der Waals surface area contributed by atoms with Crippen molar-refractivity contribution in [3.05, 3.63) is 70.4 Å². The van der Waals surface area contributed by atoms with Crippen LogP contribution >= 0.6 is 11.6 Å². The van der Waals surface area contributed by atoms with E-state index in [2.05, 4.69) is 20.4 Å². The summed E-state index contributed by atoms with van der Waals surface area (Å²) in [6.45, 7) is -0.689. The third kappa shape index (κ3) is 5.08. The molecule has 2 heterocycles. The van der Waals surface area contributed by atoms with E-state index in [1.54, 1.807) is 36.4 Å². The number of para-hydroxylation sites is 1. The fourth-order valence-electron chi connectivity index (χ4n) is 3.17. The summed E-state index contributed by atoms with van der Waals surface area (Å²) in [7, 11) is 0. The maximum atomic E-state index is 13.2. The van der Waals surface area contributed by atoms with Crippen molar-refractivity contribution in [2.75, 3.05) is 6.61 Å². The van der Waals surface area contributed by atoms with Crippen LogP contribution in [0.5, 0.6) is 5.88 Å². The fourth-order valence-corrected chi connectivity index (χ4v) is 3.44. The highest BCUT2D eigenvalue weighted by Gasteiger charge is 2.36. The zero-order valence-electron chi connectivity index (χ0n) is 16.9. The minimum atomic E-state index is -4.70. The monoisotopic (exact) mass is 479 g/mol. The molecule has 0 bridgehead atoms. The quantitative estimate of drug-likeness (QED) is 0.528. The van der Waals surface area contributed by atoms with E-state index in [1.165, 1.54) is 6.08 Å². The molecule has 0 radical (unpaired) electrons. The van der Waals surface area contributed by atoms with Gasteiger partial charge in [-0.15, -0.1) is 11.6 Å². The smallest absolute Gasteiger partial charge is 0.435 e. The van der Waals surface area contributed by atoms with Gasteiger partial charge in [-0.3, -0.25) is 9.59 Å². The van der Waals surface area contributed by atoms with Crippen LogP contribution in [0, 0.1) is 0 Å². The molecule has 2 N–H and O–H groups in total. The van der Waals surface area contributed by atoms with E-state index in [1.807, 2.05) is 0 Å². The second-order valence-electron chi connectivity index (χ2n) is 7.10. The summed E-state index contributed by atoms with van der Waals surface area (Å²) in [5.74, 6) is -0.686. The minimum absolute atomic E-state index is 0.102. The molecule has 0 saturated heterocycles. The van der Waals surface area contributed by atoms with E-state index in [4.69, 9.17) is 16.3 Å². The van der Waals surface area contributed by atoms with Crippen LogP contribution in [0.2, 0.25) is 0 Å². The lowest BCUT2D eigenvalue weighted by Gasteiger charge is -2.17. The van der Waals surface area contributed by atoms with Crippen LogP contribution in [0.4, 0.5) is 13.2 Å². The molecule has 1 aliphatic carbocycles. The first-order valence-electron chi connectivity index (χ1n) is 9.78. The van der Waals surface area contributed by atoms with Crippen molar-refractivity contribution in [3.63, 3.8) is 0 Å². The van der Waals surface area contributed by atoms with Crippen LogP contribution in [-0.4, -0.2) is 37.6 Å². The van der Waals surface area contributed by atoms with Crippen LogP contribution in [0.15, 0.2) is 53.4 Å². The SMILES string of the molecule is O=C(COc1cc(C(F)(F)F)nn1C1=CC=CCC1Cl)NCc1nc2ccccc2c(=O)[nH]1. The van der Waals surface area contributed by atoms with Gasteiger partial charge in [-0.1, -0.05) is 24.3 Å². The fraction of sp³-hybridized carbons (Fsp3) is 0.238. The average Bonchev–Trinajstić information content (AvgIpc) is 3.21. The normalized spacial score (nSPS) is 16.0. The van der Waals surface area contributed by atoms with Crippen LogP contribution < -0.4 is 15.6 Å². The number of nitrogens with one attached hydrogen (secondary N) is 2. The van der Waals surface area contributed by atoms with Crippen LogP contribution in [0.3, 0.4) is 0 Å². The lowest BCUT2D eigenvalue weighted by molar-refractivity contribution is -0.141. The van der Waals surface area contributed by atoms with Crippen LogP contribution in [-0.2, 0) is 17.5 Å². The van der Waals surface area contributed by atoms with E-state index in [0.717, 1.165) is 4.68 Å². The van der Waals surface area contributed by atoms with Crippen molar-refractivity contribution in [3.8, 4) is 5.88 Å². The molecular formula is C21H17ClF3N5O3. The van der Waals surface area contributed by atoms with Crippen molar-refractivity contribution in [1.82, 2.24) is 25.1 Å². The number of aromatic amines is 1. The van der Waals surface area contributed by atoms with E-state index in [9.17, 15) is 22.8 Å². The summed E-state index contributed by atoms with van der Waals surface area (Å²) in [6.07, 6.45) is 0.659. The van der Waals surface area contributed by atoms with Crippen LogP contribution in [0.25, 0.3) is 16.6 Å². The molecule has 1 amide bonds. The molecular weight excluding hydrogens is 463 g/mol. The predicted octanol–water partition coefficient (Wildman–Crippen LogP) is 3.24. The lowest BCUT2D eigenvalue weighted by atomic mass is 10.1. The van der Waals surface area contributed by atoms with Gasteiger partial charge in [0, 0.05) is 6.07 Å². The third-order valence-electron chi connectivity index (χ3n) is 4.74. The van der Waals surface area contributed by atoms with Crippen molar-refractivity contribution in [2.24, 2.45) is 0 Å². The van der Waals surface area contributed by atoms with Gasteiger partial charge in [0.2, 0.25) is 5.88 Å². The predicted molar refractivity (Wildman–Crippen MR) is 115 cm³/mol. The second kappa shape index (κ2) is 9.10. The van der Waals surface area contributed by atoms with Gasteiger partial charge >= 0.3 is 6.18 Å². The van der Waals surface area contributed by atoms with E-state index in [-0.39, 0.29) is 23.8 Å². The zero-order valence-corrected chi connectivity index (χ0v) is 17.7. The summed E-state index contributed by atoms with van der Waals surface area (Å²) in [5.41, 5.74) is -0.760. The van der Waals surface area contributed by atoms with E-state index in [0.29, 0.717) is 29.1 Å². The Balaban J connectivity index is 1.46. The van der Waals surface area contributed by atoms with Crippen molar-refractivity contribution in [2.45, 2.75) is 24.5 Å². The molecule has 0 saturated carbocycles. The number of alkyl halides is 4. The van der Waals surface area contributed by atoms with Gasteiger partial charge in [-0.05, 0) is 24.6 Å². The largest absolute Gasteiger partial charge is 0.467 e. The first-order valence-corrected chi connectivity index (χ1v) is 10.2. The number of halogens is 4. The first kappa shape index (κ1) is 22.6. The number of rotatable bonds is 6. The Kier molecular flexibility index (Phi) is 6.23. The molecule has 1 aliphatic rings. The summed E-state index contributed by atoms with van der Waals surface area (Å²) >= 11 is 6.21. The number of hydrogen-bond acceptors (Lipinski definition) is 5. The molecule has 0 fully saturated rings. The first-order chi connectivity index (χ1) is 15.7. The average molecular weight is 480 g/mol. The summed E-state index contributed by atoms with van der Waals surface area (Å²) in [4.78, 5) is 31.2. The second-order valence-corrected chi connectivity index (χ2v) is 7.62. The minimum Gasteiger partial charge on any atom is -0.467 e. The van der Waals surface area contributed by atoms with Gasteiger partial charge in [0.15, 0.2) is 12.3 Å². The van der Waals surface area contributed by atoms with Crippen molar-refractivity contribution < 1.29 is 22.7 Å². The zero-order chi connectivity index (χ0) is 23.6. The standard InChI is InChI=1S/C21H17ClF3N5O3/c22-13-6-2-4-8-15(13)30-19(9-16(29-30)21(23,24)25)33-11-18(31)26-10-17-27-14-7-3-1-5-12(14)20(32)28-17/h1-5,7-9,13H,6,10-11H2,(H,26,31)(H,27,28,32). The van der Waals surface area contributed by atoms with Gasteiger partial charge in [0.05, 0.1) is 28.5 Å². The molecule has 1 atom stereocenters. The molecule has 12 heteroatoms. The Morgan fingerprint density at radius 1 is 1.33 bits per heavy atom. The number of ether oxygens (including phenoxy) is 1. The molecule has 1 aromatic carbocycles. The number of carbonyl (C=O) groups is 1. The highest BCUT2D eigenvalue weighted by atomic mass is 35.5. The van der Waals surface area contributed by atoms with Gasteiger partial charge in [-0.25, -0.2) is 9.67 Å². The Labute approximate surface area is 189 Å². The summed E-state index contributed by atoms with van der Waals surface area (Å²) in [6, 6.07) is 7.43. The highest BCUT2D eigenvalue weighted by molar-refractivity contribution is 6.25. The summed E-state index contributed by atoms with van der Waals surface area (Å²) < 4.78 is 45.8. The molecule has 3 aromatic rings. The number of carbonyl (C=O) groups excluding carboxylic acids is 1. The summed E-state index contributed by atoms with van der Waals surface area (Å²) in [5, 5.41) is 5.87. The van der Waals surface area contributed by atoms with E-state index >= 15 is 0 Å². The van der Waals surface area contributed by atoms with Gasteiger partial charge in [0.1, 0.15) is 5.82 Å². The molecule has 4 rings (SSSR count). The molecule has 0 spiro atoms. The maximum Gasteiger partial charge on any atom is 0.435 e. The Morgan fingerprint density at radius 3 is 2.88 bits per heavy atom. The number of H-pyrrole nitrogens is 1. The number of nitrogens with zero attached hydrogens (tertiary/aromatic N) is 3. The molecule has 33 heavy (non-hydrogen) atoms. The van der Waals surface area contributed by atoms with Gasteiger partial charge in [0.25, 0.3) is 11.5 Å². The van der Waals surface area contributed by atoms with Crippen molar-refractivity contribution >= 4 is 34.1 Å². The topological polar surface area (TPSA) is 102 Å². The molecule has 1 unspecified atom stereocenters. The van der Waals surface area contributed by atoms with Gasteiger partial charge in [-0.2, -0.15) is 18.3 Å². The van der Waals surface area contributed by atoms with Gasteiger partial charge < -0.3 is 15.0 Å². The molecule has 0 aliphatic heterocycles. The number of benzene rings is 1. The molecule has 172 valence electrons.